The van der Waals surface area contributed by atoms with Crippen molar-refractivity contribution in [2.75, 3.05) is 11.9 Å². The van der Waals surface area contributed by atoms with Gasteiger partial charge < -0.3 is 10.6 Å². The summed E-state index contributed by atoms with van der Waals surface area (Å²) in [6.07, 6.45) is 7.17. The van der Waals surface area contributed by atoms with Crippen LogP contribution in [0, 0.1) is 0 Å². The minimum atomic E-state index is -0.348. The van der Waals surface area contributed by atoms with Gasteiger partial charge in [-0.1, -0.05) is 18.5 Å². The maximum absolute atomic E-state index is 12.2. The van der Waals surface area contributed by atoms with Crippen molar-refractivity contribution in [3.63, 3.8) is 0 Å². The Morgan fingerprint density at radius 2 is 1.96 bits per heavy atom. The lowest BCUT2D eigenvalue weighted by molar-refractivity contribution is -0.111. The number of amides is 2. The molecule has 0 fully saturated rings. The number of pyridine rings is 1. The zero-order valence-electron chi connectivity index (χ0n) is 13.3. The Morgan fingerprint density at radius 1 is 1.21 bits per heavy atom. The van der Waals surface area contributed by atoms with E-state index in [1.807, 2.05) is 6.92 Å². The summed E-state index contributed by atoms with van der Waals surface area (Å²) in [6, 6.07) is 8.33. The zero-order chi connectivity index (χ0) is 17.4. The lowest BCUT2D eigenvalue weighted by Crippen LogP contribution is -2.25. The first-order valence-electron chi connectivity index (χ1n) is 7.57. The molecular formula is C18H18ClN3O2. The average Bonchev–Trinajstić information content (AvgIpc) is 2.59. The Bertz CT molecular complexity index is 745. The SMILES string of the molecule is CCCNC(=O)c1ccc(Cl)cc1NC(=O)/C=C/c1ccncc1. The van der Waals surface area contributed by atoms with Gasteiger partial charge in [0.05, 0.1) is 11.3 Å². The second-order valence-corrected chi connectivity index (χ2v) is 5.49. The molecule has 0 saturated heterocycles. The van der Waals surface area contributed by atoms with Crippen LogP contribution in [0.25, 0.3) is 6.08 Å². The van der Waals surface area contributed by atoms with E-state index in [2.05, 4.69) is 15.6 Å². The third kappa shape index (κ3) is 5.21. The van der Waals surface area contributed by atoms with Crippen molar-refractivity contribution in [2.24, 2.45) is 0 Å². The van der Waals surface area contributed by atoms with Gasteiger partial charge in [0.2, 0.25) is 5.91 Å². The molecule has 5 nitrogen and oxygen atoms in total. The molecular weight excluding hydrogens is 326 g/mol. The van der Waals surface area contributed by atoms with Gasteiger partial charge in [-0.2, -0.15) is 0 Å². The Balaban J connectivity index is 2.13. The lowest BCUT2D eigenvalue weighted by Gasteiger charge is -2.10. The standard InChI is InChI=1S/C18H18ClN3O2/c1-2-9-21-18(24)15-5-4-14(19)12-16(15)22-17(23)6-3-13-7-10-20-11-8-13/h3-8,10-12H,2,9H2,1H3,(H,21,24)(H,22,23)/b6-3+. The fourth-order valence-corrected chi connectivity index (χ4v) is 2.14. The number of carbonyl (C=O) groups excluding carboxylic acids is 2. The second kappa shape index (κ2) is 8.84. The van der Waals surface area contributed by atoms with Gasteiger partial charge in [0.1, 0.15) is 0 Å². The van der Waals surface area contributed by atoms with Crippen LogP contribution in [0.15, 0.2) is 48.8 Å². The van der Waals surface area contributed by atoms with E-state index in [1.54, 1.807) is 48.8 Å². The van der Waals surface area contributed by atoms with Crippen molar-refractivity contribution in [1.82, 2.24) is 10.3 Å². The highest BCUT2D eigenvalue weighted by atomic mass is 35.5. The molecule has 1 aromatic heterocycles. The van der Waals surface area contributed by atoms with Gasteiger partial charge in [0.15, 0.2) is 0 Å². The molecule has 0 saturated carbocycles. The van der Waals surface area contributed by atoms with Gasteiger partial charge in [-0.05, 0) is 48.4 Å². The lowest BCUT2D eigenvalue weighted by atomic mass is 10.1. The number of benzene rings is 1. The molecule has 0 aliphatic heterocycles. The Kier molecular flexibility index (Phi) is 6.51. The van der Waals surface area contributed by atoms with Crippen molar-refractivity contribution < 1.29 is 9.59 Å². The van der Waals surface area contributed by atoms with E-state index >= 15 is 0 Å². The first kappa shape index (κ1) is 17.7. The van der Waals surface area contributed by atoms with Gasteiger partial charge in [-0.15, -0.1) is 0 Å². The Hall–Kier alpha value is -2.66. The minimum Gasteiger partial charge on any atom is -0.352 e. The predicted molar refractivity (Wildman–Crippen MR) is 96.0 cm³/mol. The molecule has 0 aliphatic carbocycles. The molecule has 2 N–H and O–H groups in total. The molecule has 2 aromatic rings. The first-order valence-corrected chi connectivity index (χ1v) is 7.94. The number of nitrogens with one attached hydrogen (secondary N) is 2. The molecule has 0 radical (unpaired) electrons. The van der Waals surface area contributed by atoms with Gasteiger partial charge in [-0.25, -0.2) is 0 Å². The van der Waals surface area contributed by atoms with E-state index in [0.29, 0.717) is 22.8 Å². The van der Waals surface area contributed by atoms with Gasteiger partial charge in [0, 0.05) is 30.0 Å². The maximum atomic E-state index is 12.2. The Morgan fingerprint density at radius 3 is 2.67 bits per heavy atom. The molecule has 1 heterocycles. The molecule has 2 amide bonds. The molecule has 2 rings (SSSR count). The smallest absolute Gasteiger partial charge is 0.253 e. The monoisotopic (exact) mass is 343 g/mol. The van der Waals surface area contributed by atoms with E-state index in [4.69, 9.17) is 11.6 Å². The first-order chi connectivity index (χ1) is 11.6. The molecule has 0 aliphatic rings. The van der Waals surface area contributed by atoms with Crippen LogP contribution < -0.4 is 10.6 Å². The van der Waals surface area contributed by atoms with Crippen LogP contribution in [0.2, 0.25) is 5.02 Å². The fourth-order valence-electron chi connectivity index (χ4n) is 1.97. The van der Waals surface area contributed by atoms with Crippen molar-refractivity contribution in [1.29, 1.82) is 0 Å². The number of aromatic nitrogens is 1. The maximum Gasteiger partial charge on any atom is 0.253 e. The van der Waals surface area contributed by atoms with E-state index in [0.717, 1.165) is 12.0 Å². The van der Waals surface area contributed by atoms with Gasteiger partial charge in [0.25, 0.3) is 5.91 Å². The molecule has 0 atom stereocenters. The summed E-state index contributed by atoms with van der Waals surface area (Å²) in [4.78, 5) is 28.2. The molecule has 6 heteroatoms. The molecule has 0 unspecified atom stereocenters. The summed E-state index contributed by atoms with van der Waals surface area (Å²) in [5.41, 5.74) is 1.60. The topological polar surface area (TPSA) is 71.1 Å². The van der Waals surface area contributed by atoms with Crippen LogP contribution >= 0.6 is 11.6 Å². The summed E-state index contributed by atoms with van der Waals surface area (Å²) in [5.74, 6) is -0.597. The number of carbonyl (C=O) groups is 2. The molecule has 24 heavy (non-hydrogen) atoms. The van der Waals surface area contributed by atoms with Crippen LogP contribution in [-0.4, -0.2) is 23.3 Å². The number of rotatable bonds is 6. The molecule has 0 spiro atoms. The number of anilines is 1. The minimum absolute atomic E-state index is 0.248. The van der Waals surface area contributed by atoms with Gasteiger partial charge in [-0.3, -0.25) is 14.6 Å². The fraction of sp³-hybridized carbons (Fsp3) is 0.167. The summed E-state index contributed by atoms with van der Waals surface area (Å²) in [5, 5.41) is 5.91. The van der Waals surface area contributed by atoms with E-state index in [9.17, 15) is 9.59 Å². The van der Waals surface area contributed by atoms with Crippen LogP contribution in [0.3, 0.4) is 0 Å². The van der Waals surface area contributed by atoms with Crippen LogP contribution in [0.5, 0.6) is 0 Å². The largest absolute Gasteiger partial charge is 0.352 e. The summed E-state index contributed by atoms with van der Waals surface area (Å²) >= 11 is 5.97. The highest BCUT2D eigenvalue weighted by molar-refractivity contribution is 6.31. The van der Waals surface area contributed by atoms with E-state index in [1.165, 1.54) is 6.08 Å². The highest BCUT2D eigenvalue weighted by Gasteiger charge is 2.12. The van der Waals surface area contributed by atoms with Crippen molar-refractivity contribution in [3.8, 4) is 0 Å². The number of hydrogen-bond donors (Lipinski definition) is 2. The molecule has 1 aromatic carbocycles. The molecule has 0 bridgehead atoms. The predicted octanol–water partition coefficient (Wildman–Crippen LogP) is 3.53. The summed E-state index contributed by atoms with van der Waals surface area (Å²) < 4.78 is 0. The summed E-state index contributed by atoms with van der Waals surface area (Å²) in [6.45, 7) is 2.53. The van der Waals surface area contributed by atoms with Gasteiger partial charge >= 0.3 is 0 Å². The van der Waals surface area contributed by atoms with E-state index < -0.39 is 0 Å². The highest BCUT2D eigenvalue weighted by Crippen LogP contribution is 2.21. The van der Waals surface area contributed by atoms with E-state index in [-0.39, 0.29) is 11.8 Å². The zero-order valence-corrected chi connectivity index (χ0v) is 14.0. The Labute approximate surface area is 145 Å². The van der Waals surface area contributed by atoms with Crippen molar-refractivity contribution in [2.45, 2.75) is 13.3 Å². The van der Waals surface area contributed by atoms with Crippen molar-refractivity contribution >= 4 is 35.2 Å². The third-order valence-corrected chi connectivity index (χ3v) is 3.39. The van der Waals surface area contributed by atoms with Crippen LogP contribution in [0.4, 0.5) is 5.69 Å². The normalized spacial score (nSPS) is 10.6. The number of nitrogens with zero attached hydrogens (tertiary/aromatic N) is 1. The second-order valence-electron chi connectivity index (χ2n) is 5.05. The summed E-state index contributed by atoms with van der Waals surface area (Å²) in [7, 11) is 0. The number of halogens is 1. The third-order valence-electron chi connectivity index (χ3n) is 3.15. The quantitative estimate of drug-likeness (QED) is 0.788. The van der Waals surface area contributed by atoms with Crippen LogP contribution in [0.1, 0.15) is 29.3 Å². The van der Waals surface area contributed by atoms with Crippen molar-refractivity contribution in [3.05, 3.63) is 65.0 Å². The molecule has 124 valence electrons. The van der Waals surface area contributed by atoms with Crippen LogP contribution in [-0.2, 0) is 4.79 Å². The average molecular weight is 344 g/mol. The number of hydrogen-bond acceptors (Lipinski definition) is 3.